The topological polar surface area (TPSA) is 230 Å². The van der Waals surface area contributed by atoms with E-state index in [0.29, 0.717) is 22.5 Å². The van der Waals surface area contributed by atoms with Gasteiger partial charge in [-0.1, -0.05) is 39.8 Å². The Morgan fingerprint density at radius 2 is 0.971 bits per heavy atom. The fraction of sp³-hybridized carbons (Fsp3) is 0.208. The number of nitrogens with two attached hydrogens (primary N) is 2. The molecule has 11 nitrogen and oxygen atoms in total. The largest absolute Gasteiger partial charge is 0.550 e. The molecular formula is C24H28N2O9-4. The van der Waals surface area contributed by atoms with Crippen molar-refractivity contribution < 1.29 is 44.4 Å². The Balaban J connectivity index is -0.000000439. The van der Waals surface area contributed by atoms with E-state index in [1.165, 1.54) is 24.3 Å². The van der Waals surface area contributed by atoms with Crippen LogP contribution >= 0.6 is 0 Å². The van der Waals surface area contributed by atoms with Gasteiger partial charge in [0.1, 0.15) is 6.29 Å². The Morgan fingerprint density at radius 3 is 1.20 bits per heavy atom. The van der Waals surface area contributed by atoms with Crippen molar-refractivity contribution in [1.82, 2.24) is 0 Å². The van der Waals surface area contributed by atoms with Gasteiger partial charge in [0, 0.05) is 40.9 Å². The van der Waals surface area contributed by atoms with Crippen molar-refractivity contribution >= 4 is 47.6 Å². The highest BCUT2D eigenvalue weighted by Crippen LogP contribution is 2.09. The van der Waals surface area contributed by atoms with Gasteiger partial charge >= 0.3 is 0 Å². The number of carbonyl (C=O) groups is 5. The molecule has 0 saturated heterocycles. The molecule has 0 radical (unpaired) electrons. The molecule has 192 valence electrons. The van der Waals surface area contributed by atoms with Gasteiger partial charge in [-0.15, -0.1) is 0 Å². The van der Waals surface area contributed by atoms with Crippen LogP contribution in [0.25, 0.3) is 6.08 Å². The van der Waals surface area contributed by atoms with Crippen molar-refractivity contribution in [1.29, 1.82) is 0 Å². The lowest BCUT2D eigenvalue weighted by Crippen LogP contribution is -2.36. The van der Waals surface area contributed by atoms with Gasteiger partial charge in [-0.3, -0.25) is 4.79 Å². The number of aliphatic carboxylic acids is 4. The quantitative estimate of drug-likeness (QED) is 0.151. The van der Waals surface area contributed by atoms with Crippen molar-refractivity contribution in [2.24, 2.45) is 0 Å². The first kappa shape index (κ1) is 34.9. The number of aldehydes is 1. The lowest BCUT2D eigenvalue weighted by atomic mass is 10.1. The van der Waals surface area contributed by atoms with Gasteiger partial charge in [-0.25, -0.2) is 0 Å². The van der Waals surface area contributed by atoms with Crippen molar-refractivity contribution in [3.05, 3.63) is 65.2 Å². The van der Waals surface area contributed by atoms with Crippen molar-refractivity contribution in [3.63, 3.8) is 0 Å². The summed E-state index contributed by atoms with van der Waals surface area (Å²) in [7, 11) is 0. The zero-order chi connectivity index (χ0) is 28.0. The van der Waals surface area contributed by atoms with Gasteiger partial charge in [0.15, 0.2) is 0 Å². The predicted octanol–water partition coefficient (Wildman–Crippen LogP) is -1.84. The fourth-order valence-electron chi connectivity index (χ4n) is 1.65. The Hall–Kier alpha value is -4.67. The summed E-state index contributed by atoms with van der Waals surface area (Å²) in [5, 5.41) is 39.3. The van der Waals surface area contributed by atoms with E-state index in [9.17, 15) is 44.4 Å². The van der Waals surface area contributed by atoms with E-state index in [4.69, 9.17) is 11.5 Å². The van der Waals surface area contributed by atoms with Gasteiger partial charge in [-0.2, -0.15) is 0 Å². The average Bonchev–Trinajstić information content (AvgIpc) is 2.81. The molecule has 2 aromatic rings. The van der Waals surface area contributed by atoms with Crippen molar-refractivity contribution in [2.75, 3.05) is 11.5 Å². The van der Waals surface area contributed by atoms with Gasteiger partial charge in [0.25, 0.3) is 0 Å². The standard InChI is InChI=1S/C10H9NO4.C7H7NO.C3H4O4.2C2H6/c11-7-3-1-6(2-4-7)5-8(9(12)13)10(14)15;8-7-3-1-6(5-9)2-4-7;4-2(5)1-3(6)7;2*1-2/h1-5H,11H2,(H,12,13)(H,14,15);1-5H,8H2;1H2,(H,4,5)(H,6,7);2*1-2H3/p-4. The highest BCUT2D eigenvalue weighted by Gasteiger charge is 1.99. The molecule has 0 saturated carbocycles. The highest BCUT2D eigenvalue weighted by atomic mass is 16.4. The normalized spacial score (nSPS) is 8.23. The molecule has 0 aromatic heterocycles. The van der Waals surface area contributed by atoms with Crippen LogP contribution in [0.3, 0.4) is 0 Å². The Bertz CT molecular complexity index is 924. The van der Waals surface area contributed by atoms with Crippen molar-refractivity contribution in [3.8, 4) is 0 Å². The maximum absolute atomic E-state index is 10.4. The third-order valence-electron chi connectivity index (χ3n) is 3.05. The molecule has 0 spiro atoms. The second-order valence-electron chi connectivity index (χ2n) is 5.50. The number of benzene rings is 2. The number of carboxylic acids is 4. The molecule has 2 rings (SSSR count). The van der Waals surface area contributed by atoms with Crippen LogP contribution in [0.2, 0.25) is 0 Å². The Kier molecular flexibility index (Phi) is 21.1. The van der Waals surface area contributed by atoms with E-state index in [0.717, 1.165) is 12.4 Å². The molecule has 0 heterocycles. The molecule has 0 atom stereocenters. The van der Waals surface area contributed by atoms with Gasteiger partial charge in [0.2, 0.25) is 0 Å². The number of nitrogen functional groups attached to an aromatic ring is 2. The smallest absolute Gasteiger partial charge is 0.150 e. The zero-order valence-corrected chi connectivity index (χ0v) is 19.8. The molecule has 0 unspecified atom stereocenters. The lowest BCUT2D eigenvalue weighted by Gasteiger charge is -2.09. The van der Waals surface area contributed by atoms with E-state index in [1.54, 1.807) is 24.3 Å². The molecule has 0 aliphatic heterocycles. The number of anilines is 2. The van der Waals surface area contributed by atoms with Crippen LogP contribution in [0.15, 0.2) is 54.1 Å². The number of hydrogen-bond donors (Lipinski definition) is 2. The third-order valence-corrected chi connectivity index (χ3v) is 3.05. The first-order chi connectivity index (χ1) is 16.5. The summed E-state index contributed by atoms with van der Waals surface area (Å²) in [5.41, 5.74) is 12.1. The molecule has 0 amide bonds. The second kappa shape index (κ2) is 21.2. The van der Waals surface area contributed by atoms with Gasteiger partial charge in [-0.05, 0) is 48.0 Å². The second-order valence-corrected chi connectivity index (χ2v) is 5.50. The summed E-state index contributed by atoms with van der Waals surface area (Å²) in [6, 6.07) is 12.8. The molecule has 2 aromatic carbocycles. The number of carbonyl (C=O) groups excluding carboxylic acids is 5. The molecule has 0 aliphatic rings. The predicted molar refractivity (Wildman–Crippen MR) is 122 cm³/mol. The first-order valence-electron chi connectivity index (χ1n) is 10.2. The summed E-state index contributed by atoms with van der Waals surface area (Å²) in [4.78, 5) is 49.4. The Labute approximate surface area is 203 Å². The van der Waals surface area contributed by atoms with E-state index >= 15 is 0 Å². The van der Waals surface area contributed by atoms with Crippen LogP contribution in [0.5, 0.6) is 0 Å². The zero-order valence-electron chi connectivity index (χ0n) is 19.8. The summed E-state index contributed by atoms with van der Waals surface area (Å²) in [6.07, 6.45) is 0.712. The average molecular weight is 488 g/mol. The molecule has 0 aliphatic carbocycles. The molecular weight excluding hydrogens is 460 g/mol. The molecule has 0 fully saturated rings. The van der Waals surface area contributed by atoms with Crippen LogP contribution in [0.1, 0.15) is 50.0 Å². The van der Waals surface area contributed by atoms with Crippen molar-refractivity contribution in [2.45, 2.75) is 34.1 Å². The van der Waals surface area contributed by atoms with Gasteiger partial charge in [0.05, 0.1) is 11.9 Å². The number of hydrogen-bond acceptors (Lipinski definition) is 11. The summed E-state index contributed by atoms with van der Waals surface area (Å²) in [6.45, 7) is 8.00. The van der Waals surface area contributed by atoms with E-state index < -0.39 is 35.9 Å². The van der Waals surface area contributed by atoms with Crippen LogP contribution in [0, 0.1) is 0 Å². The van der Waals surface area contributed by atoms with Crippen LogP contribution < -0.4 is 31.9 Å². The Morgan fingerprint density at radius 1 is 0.657 bits per heavy atom. The number of carboxylic acid groups (broad SMARTS) is 4. The van der Waals surface area contributed by atoms with Crippen LogP contribution in [-0.4, -0.2) is 30.2 Å². The molecule has 11 heteroatoms. The lowest BCUT2D eigenvalue weighted by molar-refractivity contribution is -0.323. The number of rotatable bonds is 6. The van der Waals surface area contributed by atoms with E-state index in [-0.39, 0.29) is 0 Å². The van der Waals surface area contributed by atoms with E-state index in [2.05, 4.69) is 0 Å². The molecule has 35 heavy (non-hydrogen) atoms. The SMILES string of the molecule is CC.CC.Nc1ccc(C=C(C(=O)[O-])C(=O)[O-])cc1.Nc1ccc(C=O)cc1.O=C([O-])CC(=O)[O-]. The minimum Gasteiger partial charge on any atom is -0.550 e. The van der Waals surface area contributed by atoms with Crippen LogP contribution in [-0.2, 0) is 19.2 Å². The summed E-state index contributed by atoms with van der Waals surface area (Å²) < 4.78 is 0. The third kappa shape index (κ3) is 19.7. The highest BCUT2D eigenvalue weighted by molar-refractivity contribution is 6.14. The molecule has 0 bridgehead atoms. The molecule has 4 N–H and O–H groups in total. The maximum Gasteiger partial charge on any atom is 0.150 e. The summed E-state index contributed by atoms with van der Waals surface area (Å²) >= 11 is 0. The maximum atomic E-state index is 10.4. The van der Waals surface area contributed by atoms with Gasteiger partial charge < -0.3 is 51.1 Å². The first-order valence-corrected chi connectivity index (χ1v) is 10.2. The minimum absolute atomic E-state index is 0.396. The monoisotopic (exact) mass is 488 g/mol. The summed E-state index contributed by atoms with van der Waals surface area (Å²) in [5.74, 6) is -6.82. The van der Waals surface area contributed by atoms with Crippen LogP contribution in [0.4, 0.5) is 11.4 Å². The minimum atomic E-state index is -1.79. The fourth-order valence-corrected chi connectivity index (χ4v) is 1.65. The van der Waals surface area contributed by atoms with E-state index in [1.807, 2.05) is 27.7 Å².